The summed E-state index contributed by atoms with van der Waals surface area (Å²) < 4.78 is 19.1. The molecule has 5 aliphatic rings. The summed E-state index contributed by atoms with van der Waals surface area (Å²) in [7, 11) is 3.48. The molecule has 0 amide bonds. The van der Waals surface area contributed by atoms with Gasteiger partial charge in [0.15, 0.2) is 5.60 Å². The number of anilines is 1. The molecule has 4 nitrogen and oxygen atoms in total. The summed E-state index contributed by atoms with van der Waals surface area (Å²) in [6.07, 6.45) is 13.8. The van der Waals surface area contributed by atoms with Crippen LogP contribution in [-0.2, 0) is 11.0 Å². The minimum atomic E-state index is -0.822. The second kappa shape index (κ2) is 10.9. The molecule has 5 aromatic carbocycles. The SMILES string of the molecule is COc1ccc(C2(c3ccc(N4CCCCC4)cc3)C=Cc3c4c(c5ccc(OC)cc5c3O2)-c2ccccc2C42CC3CCC2C3)cc1. The van der Waals surface area contributed by atoms with Gasteiger partial charge in [0.05, 0.1) is 14.2 Å². The van der Waals surface area contributed by atoms with Gasteiger partial charge >= 0.3 is 0 Å². The first-order chi connectivity index (χ1) is 24.1. The number of hydrogen-bond donors (Lipinski definition) is 0. The Bertz CT molecular complexity index is 2130. The van der Waals surface area contributed by atoms with E-state index in [9.17, 15) is 0 Å². The van der Waals surface area contributed by atoms with Crippen molar-refractivity contribution in [3.05, 3.63) is 125 Å². The Morgan fingerprint density at radius 2 is 1.49 bits per heavy atom. The molecule has 5 aromatic rings. The first-order valence-electron chi connectivity index (χ1n) is 18.3. The van der Waals surface area contributed by atoms with E-state index in [-0.39, 0.29) is 5.41 Å². The third kappa shape index (κ3) is 4.09. The zero-order valence-electron chi connectivity index (χ0n) is 28.5. The van der Waals surface area contributed by atoms with Crippen LogP contribution in [0.4, 0.5) is 5.69 Å². The quantitative estimate of drug-likeness (QED) is 0.190. The standard InChI is InChI=1S/C45H43NO3/c1-47-34-18-14-31(15-19-34)45(30-12-16-33(17-13-30)46-24-6-3-7-25-46)23-22-38-42-41(36-21-20-35(48-2)27-39(36)43(38)49-45)37-8-4-5-9-40(37)44(42)28-29-10-11-32(44)26-29/h4-5,8-9,12-23,27,29,32H,3,6-7,10-11,24-26,28H2,1-2H3. The number of hydrogen-bond acceptors (Lipinski definition) is 4. The van der Waals surface area contributed by atoms with Gasteiger partial charge in [-0.05, 0) is 127 Å². The number of ether oxygens (including phenoxy) is 3. The van der Waals surface area contributed by atoms with Crippen LogP contribution in [0.5, 0.6) is 17.2 Å². The maximum absolute atomic E-state index is 7.67. The van der Waals surface area contributed by atoms with E-state index in [1.165, 1.54) is 83.8 Å². The second-order valence-electron chi connectivity index (χ2n) is 15.0. The van der Waals surface area contributed by atoms with Crippen molar-refractivity contribution in [2.24, 2.45) is 11.8 Å². The third-order valence-electron chi connectivity index (χ3n) is 12.8. The van der Waals surface area contributed by atoms with E-state index in [2.05, 4.69) is 108 Å². The molecule has 2 saturated carbocycles. The van der Waals surface area contributed by atoms with Crippen LogP contribution in [0.2, 0.25) is 0 Å². The molecule has 49 heavy (non-hydrogen) atoms. The summed E-state index contributed by atoms with van der Waals surface area (Å²) in [5.74, 6) is 4.08. The molecule has 0 N–H and O–H groups in total. The molecule has 2 aliphatic heterocycles. The van der Waals surface area contributed by atoms with E-state index < -0.39 is 5.60 Å². The third-order valence-corrected chi connectivity index (χ3v) is 12.8. The van der Waals surface area contributed by atoms with E-state index in [0.29, 0.717) is 5.92 Å². The molecule has 10 rings (SSSR count). The molecule has 4 unspecified atom stereocenters. The predicted molar refractivity (Wildman–Crippen MR) is 198 cm³/mol. The smallest absolute Gasteiger partial charge is 0.178 e. The van der Waals surface area contributed by atoms with Crippen molar-refractivity contribution in [1.29, 1.82) is 0 Å². The highest BCUT2D eigenvalue weighted by Gasteiger charge is 2.58. The van der Waals surface area contributed by atoms with Gasteiger partial charge in [0.25, 0.3) is 0 Å². The van der Waals surface area contributed by atoms with Crippen LogP contribution in [0, 0.1) is 11.8 Å². The Hall–Kier alpha value is -4.70. The number of piperidine rings is 1. The van der Waals surface area contributed by atoms with Crippen LogP contribution < -0.4 is 19.1 Å². The van der Waals surface area contributed by atoms with Crippen molar-refractivity contribution in [2.75, 3.05) is 32.2 Å². The van der Waals surface area contributed by atoms with E-state index in [4.69, 9.17) is 14.2 Å². The summed E-state index contributed by atoms with van der Waals surface area (Å²) in [4.78, 5) is 2.52. The van der Waals surface area contributed by atoms with Gasteiger partial charge in [0.1, 0.15) is 17.2 Å². The molecule has 1 spiro atoms. The first kappa shape index (κ1) is 29.2. The van der Waals surface area contributed by atoms with Crippen LogP contribution in [0.25, 0.3) is 28.0 Å². The zero-order valence-corrected chi connectivity index (χ0v) is 28.5. The molecule has 2 bridgehead atoms. The number of nitrogens with zero attached hydrogens (tertiary/aromatic N) is 1. The Morgan fingerprint density at radius 3 is 2.20 bits per heavy atom. The maximum atomic E-state index is 7.67. The lowest BCUT2D eigenvalue weighted by molar-refractivity contribution is 0.163. The molecule has 3 aliphatic carbocycles. The van der Waals surface area contributed by atoms with Crippen molar-refractivity contribution in [2.45, 2.75) is 56.0 Å². The van der Waals surface area contributed by atoms with Gasteiger partial charge in [0.2, 0.25) is 0 Å². The minimum absolute atomic E-state index is 0.0248. The molecule has 1 saturated heterocycles. The van der Waals surface area contributed by atoms with Gasteiger partial charge in [-0.25, -0.2) is 0 Å². The van der Waals surface area contributed by atoms with E-state index in [1.54, 1.807) is 14.2 Å². The highest BCUT2D eigenvalue weighted by molar-refractivity contribution is 6.09. The second-order valence-corrected chi connectivity index (χ2v) is 15.0. The molecule has 4 heteroatoms. The van der Waals surface area contributed by atoms with Crippen LogP contribution in [0.15, 0.2) is 97.1 Å². The van der Waals surface area contributed by atoms with Gasteiger partial charge < -0.3 is 19.1 Å². The van der Waals surface area contributed by atoms with Crippen LogP contribution >= 0.6 is 0 Å². The normalized spacial score (nSPS) is 26.0. The number of fused-ring (bicyclic) bond motifs is 13. The van der Waals surface area contributed by atoms with Gasteiger partial charge in [-0.3, -0.25) is 0 Å². The topological polar surface area (TPSA) is 30.9 Å². The van der Waals surface area contributed by atoms with Crippen molar-refractivity contribution < 1.29 is 14.2 Å². The average Bonchev–Trinajstić information content (AvgIpc) is 3.87. The largest absolute Gasteiger partial charge is 0.497 e. The fourth-order valence-corrected chi connectivity index (χ4v) is 10.6. The van der Waals surface area contributed by atoms with Crippen molar-refractivity contribution in [3.8, 4) is 28.4 Å². The zero-order chi connectivity index (χ0) is 32.7. The molecule has 246 valence electrons. The number of rotatable bonds is 5. The van der Waals surface area contributed by atoms with Gasteiger partial charge in [0, 0.05) is 46.3 Å². The fourth-order valence-electron chi connectivity index (χ4n) is 10.6. The lowest BCUT2D eigenvalue weighted by atomic mass is 9.65. The first-order valence-corrected chi connectivity index (χ1v) is 18.3. The van der Waals surface area contributed by atoms with Crippen LogP contribution in [0.1, 0.15) is 72.8 Å². The Balaban J connectivity index is 1.22. The Morgan fingerprint density at radius 1 is 0.755 bits per heavy atom. The van der Waals surface area contributed by atoms with Gasteiger partial charge in [-0.2, -0.15) is 0 Å². The molecule has 3 fully saturated rings. The number of methoxy groups -OCH3 is 2. The average molecular weight is 646 g/mol. The van der Waals surface area contributed by atoms with Crippen molar-refractivity contribution >= 4 is 22.5 Å². The van der Waals surface area contributed by atoms with E-state index in [0.717, 1.165) is 52.8 Å². The molecule has 4 atom stereocenters. The fraction of sp³-hybridized carbons (Fsp3) is 0.333. The lowest BCUT2D eigenvalue weighted by Crippen LogP contribution is -2.36. The summed E-state index contributed by atoms with van der Waals surface area (Å²) in [5, 5.41) is 2.36. The lowest BCUT2D eigenvalue weighted by Gasteiger charge is -2.41. The van der Waals surface area contributed by atoms with E-state index in [1.807, 2.05) is 0 Å². The Kier molecular flexibility index (Phi) is 6.50. The summed E-state index contributed by atoms with van der Waals surface area (Å²) in [5.41, 5.74) is 9.75. The van der Waals surface area contributed by atoms with Gasteiger partial charge in [-0.1, -0.05) is 61.0 Å². The van der Waals surface area contributed by atoms with Crippen LogP contribution in [0.3, 0.4) is 0 Å². The predicted octanol–water partition coefficient (Wildman–Crippen LogP) is 10.3. The molecular weight excluding hydrogens is 602 g/mol. The number of benzene rings is 5. The molecular formula is C45H43NO3. The maximum Gasteiger partial charge on any atom is 0.178 e. The van der Waals surface area contributed by atoms with Crippen LogP contribution in [-0.4, -0.2) is 27.3 Å². The van der Waals surface area contributed by atoms with Crippen molar-refractivity contribution in [3.63, 3.8) is 0 Å². The Labute approximate surface area is 289 Å². The summed E-state index contributed by atoms with van der Waals surface area (Å²) in [6, 6.07) is 33.5. The molecule has 0 radical (unpaired) electrons. The van der Waals surface area contributed by atoms with E-state index >= 15 is 0 Å². The van der Waals surface area contributed by atoms with Crippen molar-refractivity contribution in [1.82, 2.24) is 0 Å². The summed E-state index contributed by atoms with van der Waals surface area (Å²) in [6.45, 7) is 2.25. The highest BCUT2D eigenvalue weighted by Crippen LogP contribution is 2.68. The minimum Gasteiger partial charge on any atom is -0.497 e. The molecule has 2 heterocycles. The highest BCUT2D eigenvalue weighted by atomic mass is 16.5. The monoisotopic (exact) mass is 645 g/mol. The summed E-state index contributed by atoms with van der Waals surface area (Å²) >= 11 is 0. The molecule has 0 aromatic heterocycles. The van der Waals surface area contributed by atoms with Gasteiger partial charge in [-0.15, -0.1) is 0 Å².